The average molecular weight is 416 g/mol. The molecule has 0 bridgehead atoms. The smallest absolute Gasteiger partial charge is 0.252 e. The van der Waals surface area contributed by atoms with Gasteiger partial charge >= 0.3 is 0 Å². The van der Waals surface area contributed by atoms with Gasteiger partial charge in [-0.1, -0.05) is 35.5 Å². The zero-order valence-corrected chi connectivity index (χ0v) is 17.5. The van der Waals surface area contributed by atoms with Gasteiger partial charge in [-0.25, -0.2) is 0 Å². The minimum atomic E-state index is -0.554. The van der Waals surface area contributed by atoms with Crippen molar-refractivity contribution in [2.24, 2.45) is 5.73 Å². The number of anilines is 1. The molecule has 3 aromatic rings. The molecule has 0 radical (unpaired) electrons. The molecule has 0 aliphatic carbocycles. The number of primary amides is 1. The average Bonchev–Trinajstić information content (AvgIpc) is 3.15. The second-order valence-corrected chi connectivity index (χ2v) is 8.52. The van der Waals surface area contributed by atoms with E-state index in [1.165, 1.54) is 23.1 Å². The van der Waals surface area contributed by atoms with Gasteiger partial charge in [-0.05, 0) is 26.3 Å². The van der Waals surface area contributed by atoms with E-state index < -0.39 is 5.91 Å². The van der Waals surface area contributed by atoms with Crippen LogP contribution in [0.25, 0.3) is 11.1 Å². The number of thioether (sulfide) groups is 1. The van der Waals surface area contributed by atoms with E-state index in [2.05, 4.69) is 10.5 Å². The topological polar surface area (TPSA) is 98.2 Å². The van der Waals surface area contributed by atoms with E-state index >= 15 is 0 Å². The Morgan fingerprint density at radius 3 is 2.54 bits per heavy atom. The third-order valence-electron chi connectivity index (χ3n) is 4.31. The van der Waals surface area contributed by atoms with Crippen molar-refractivity contribution in [1.82, 2.24) is 5.16 Å². The number of aromatic nitrogens is 1. The molecule has 0 saturated carbocycles. The Bertz CT molecular complexity index is 990. The molecule has 28 heavy (non-hydrogen) atoms. The van der Waals surface area contributed by atoms with Crippen LogP contribution in [0.1, 0.15) is 32.3 Å². The van der Waals surface area contributed by atoms with Crippen molar-refractivity contribution in [3.63, 3.8) is 0 Å². The molecule has 0 spiro atoms. The van der Waals surface area contributed by atoms with Crippen LogP contribution >= 0.6 is 23.1 Å². The second-order valence-electron chi connectivity index (χ2n) is 6.31. The molecule has 1 aromatic carbocycles. The van der Waals surface area contributed by atoms with Gasteiger partial charge in [0.15, 0.2) is 0 Å². The number of nitrogens with zero attached hydrogens (tertiary/aromatic N) is 1. The number of nitrogens with two attached hydrogens (primary N) is 1. The van der Waals surface area contributed by atoms with Crippen molar-refractivity contribution in [3.05, 3.63) is 57.8 Å². The van der Waals surface area contributed by atoms with E-state index in [0.29, 0.717) is 16.3 Å². The fraction of sp³-hybridized carbons (Fsp3) is 0.250. The zero-order chi connectivity index (χ0) is 20.3. The molecular weight excluding hydrogens is 394 g/mol. The highest BCUT2D eigenvalue weighted by molar-refractivity contribution is 7.99. The first-order valence-electron chi connectivity index (χ1n) is 8.66. The van der Waals surface area contributed by atoms with Gasteiger partial charge in [-0.2, -0.15) is 0 Å². The number of amides is 2. The number of carbonyl (C=O) groups is 2. The number of nitrogens with one attached hydrogen (secondary N) is 1. The molecular formula is C20H21N3O3S2. The molecule has 0 atom stereocenters. The molecule has 3 rings (SSSR count). The second kappa shape index (κ2) is 8.62. The monoisotopic (exact) mass is 415 g/mol. The summed E-state index contributed by atoms with van der Waals surface area (Å²) in [6.45, 7) is 5.65. The number of hydrogen-bond donors (Lipinski definition) is 2. The summed E-state index contributed by atoms with van der Waals surface area (Å²) >= 11 is 2.83. The van der Waals surface area contributed by atoms with E-state index in [1.807, 2.05) is 51.1 Å². The number of thiophene rings is 1. The minimum absolute atomic E-state index is 0.180. The first-order chi connectivity index (χ1) is 13.4. The summed E-state index contributed by atoms with van der Waals surface area (Å²) in [6, 6.07) is 9.56. The molecule has 146 valence electrons. The molecule has 2 heterocycles. The molecule has 0 aliphatic heterocycles. The normalized spacial score (nSPS) is 10.8. The molecule has 8 heteroatoms. The third-order valence-corrected chi connectivity index (χ3v) is 6.29. The summed E-state index contributed by atoms with van der Waals surface area (Å²) in [5.74, 6) is 0.917. The molecule has 2 aromatic heterocycles. The largest absolute Gasteiger partial charge is 0.365 e. The molecule has 2 amide bonds. The Hall–Kier alpha value is -2.58. The quantitative estimate of drug-likeness (QED) is 0.599. The van der Waals surface area contributed by atoms with Crippen LogP contribution in [0.5, 0.6) is 0 Å². The van der Waals surface area contributed by atoms with Crippen LogP contribution < -0.4 is 11.1 Å². The predicted molar refractivity (Wildman–Crippen MR) is 114 cm³/mol. The Morgan fingerprint density at radius 1 is 1.21 bits per heavy atom. The van der Waals surface area contributed by atoms with Crippen molar-refractivity contribution in [2.75, 3.05) is 11.1 Å². The zero-order valence-electron chi connectivity index (χ0n) is 15.9. The van der Waals surface area contributed by atoms with Gasteiger partial charge in [0, 0.05) is 21.8 Å². The maximum absolute atomic E-state index is 12.4. The van der Waals surface area contributed by atoms with Gasteiger partial charge in [0.05, 0.1) is 17.0 Å². The van der Waals surface area contributed by atoms with Gasteiger partial charge in [-0.3, -0.25) is 9.59 Å². The lowest BCUT2D eigenvalue weighted by Crippen LogP contribution is -2.18. The van der Waals surface area contributed by atoms with Crippen LogP contribution in [0, 0.1) is 20.8 Å². The Morgan fingerprint density at radius 2 is 1.93 bits per heavy atom. The summed E-state index contributed by atoms with van der Waals surface area (Å²) in [7, 11) is 0. The highest BCUT2D eigenvalue weighted by atomic mass is 32.2. The number of rotatable bonds is 7. The number of aryl methyl sites for hydroxylation is 3. The fourth-order valence-electron chi connectivity index (χ4n) is 2.94. The number of carbonyl (C=O) groups excluding carboxylic acids is 2. The molecule has 6 nitrogen and oxygen atoms in total. The molecule has 0 aliphatic rings. The lowest BCUT2D eigenvalue weighted by Gasteiger charge is -2.07. The fourth-order valence-corrected chi connectivity index (χ4v) is 5.01. The predicted octanol–water partition coefficient (Wildman–Crippen LogP) is 4.30. The van der Waals surface area contributed by atoms with E-state index in [-0.39, 0.29) is 11.7 Å². The first kappa shape index (κ1) is 20.2. The summed E-state index contributed by atoms with van der Waals surface area (Å²) < 4.78 is 5.13. The maximum Gasteiger partial charge on any atom is 0.252 e. The summed E-state index contributed by atoms with van der Waals surface area (Å²) in [5.41, 5.74) is 9.51. The third kappa shape index (κ3) is 4.28. The summed E-state index contributed by atoms with van der Waals surface area (Å²) in [6.07, 6.45) is 0. The standard InChI is InChI=1S/C20H21N3O3S2/c1-11-15(12(2)26-23-11)9-27-10-16(24)22-20-18(19(21)25)17(13(3)28-20)14-7-5-4-6-8-14/h4-8H,9-10H2,1-3H3,(H2,21,25)(H,22,24). The van der Waals surface area contributed by atoms with E-state index in [0.717, 1.165) is 33.0 Å². The molecule has 0 unspecified atom stereocenters. The van der Waals surface area contributed by atoms with Gasteiger partial charge in [0.2, 0.25) is 5.91 Å². The highest BCUT2D eigenvalue weighted by Gasteiger charge is 2.22. The van der Waals surface area contributed by atoms with Gasteiger partial charge in [0.25, 0.3) is 5.91 Å². The van der Waals surface area contributed by atoms with Crippen molar-refractivity contribution in [3.8, 4) is 11.1 Å². The lowest BCUT2D eigenvalue weighted by molar-refractivity contribution is -0.113. The van der Waals surface area contributed by atoms with Gasteiger partial charge in [-0.15, -0.1) is 23.1 Å². The Balaban J connectivity index is 1.73. The van der Waals surface area contributed by atoms with Crippen LogP contribution in [0.2, 0.25) is 0 Å². The van der Waals surface area contributed by atoms with Gasteiger partial charge < -0.3 is 15.6 Å². The van der Waals surface area contributed by atoms with Gasteiger partial charge in [0.1, 0.15) is 10.8 Å². The van der Waals surface area contributed by atoms with E-state index in [9.17, 15) is 9.59 Å². The van der Waals surface area contributed by atoms with Crippen molar-refractivity contribution >= 4 is 39.9 Å². The Kier molecular flexibility index (Phi) is 6.21. The van der Waals surface area contributed by atoms with Crippen LogP contribution in [0.3, 0.4) is 0 Å². The molecule has 0 fully saturated rings. The minimum Gasteiger partial charge on any atom is -0.365 e. The van der Waals surface area contributed by atoms with Crippen LogP contribution in [-0.4, -0.2) is 22.7 Å². The number of benzene rings is 1. The van der Waals surface area contributed by atoms with Crippen molar-refractivity contribution in [1.29, 1.82) is 0 Å². The van der Waals surface area contributed by atoms with Crippen LogP contribution in [0.15, 0.2) is 34.9 Å². The first-order valence-corrected chi connectivity index (χ1v) is 10.6. The van der Waals surface area contributed by atoms with Crippen molar-refractivity contribution < 1.29 is 14.1 Å². The van der Waals surface area contributed by atoms with Crippen LogP contribution in [0.4, 0.5) is 5.00 Å². The molecule has 3 N–H and O–H groups in total. The highest BCUT2D eigenvalue weighted by Crippen LogP contribution is 2.39. The molecule has 0 saturated heterocycles. The number of hydrogen-bond acceptors (Lipinski definition) is 6. The Labute approximate surface area is 171 Å². The van der Waals surface area contributed by atoms with Crippen LogP contribution in [-0.2, 0) is 10.5 Å². The van der Waals surface area contributed by atoms with Crippen molar-refractivity contribution in [2.45, 2.75) is 26.5 Å². The summed E-state index contributed by atoms with van der Waals surface area (Å²) in [4.78, 5) is 25.5. The summed E-state index contributed by atoms with van der Waals surface area (Å²) in [5, 5.41) is 7.26. The SMILES string of the molecule is Cc1noc(C)c1CSCC(=O)Nc1sc(C)c(-c2ccccc2)c1C(N)=O. The lowest BCUT2D eigenvalue weighted by atomic mass is 10.0. The van der Waals surface area contributed by atoms with E-state index in [1.54, 1.807) is 0 Å². The maximum atomic E-state index is 12.4. The van der Waals surface area contributed by atoms with E-state index in [4.69, 9.17) is 10.3 Å².